The van der Waals surface area contributed by atoms with E-state index in [-0.39, 0.29) is 18.3 Å². The smallest absolute Gasteiger partial charge is 0.303 e. The van der Waals surface area contributed by atoms with Gasteiger partial charge in [-0.05, 0) is 18.4 Å². The predicted molar refractivity (Wildman–Crippen MR) is 71.3 cm³/mol. The predicted octanol–water partition coefficient (Wildman–Crippen LogP) is 2.56. The fourth-order valence-electron chi connectivity index (χ4n) is 2.69. The number of aryl methyl sites for hydroxylation is 1. The molecule has 0 aliphatic heterocycles. The Morgan fingerprint density at radius 3 is 2.65 bits per heavy atom. The zero-order valence-corrected chi connectivity index (χ0v) is 11.1. The third-order valence-corrected chi connectivity index (χ3v) is 3.98. The summed E-state index contributed by atoms with van der Waals surface area (Å²) in [6.45, 7) is 0. The van der Waals surface area contributed by atoms with Crippen molar-refractivity contribution >= 4 is 5.97 Å². The van der Waals surface area contributed by atoms with Crippen molar-refractivity contribution < 1.29 is 14.4 Å². The van der Waals surface area contributed by atoms with Gasteiger partial charge in [-0.2, -0.15) is 4.98 Å². The fraction of sp³-hybridized carbons (Fsp3) is 0.400. The van der Waals surface area contributed by atoms with Gasteiger partial charge in [-0.1, -0.05) is 41.9 Å². The highest BCUT2D eigenvalue weighted by molar-refractivity contribution is 5.66. The molecule has 5 heteroatoms. The van der Waals surface area contributed by atoms with Gasteiger partial charge in [-0.15, -0.1) is 0 Å². The molecule has 0 amide bonds. The standard InChI is InChI=1S/C15H16N2O3/c18-13(19)8-7-12-16-14(17-20-12)15(9-4-10-15)11-5-2-1-3-6-11/h1-3,5-6H,4,7-10H2,(H,18,19). The minimum absolute atomic E-state index is 0.0139. The van der Waals surface area contributed by atoms with Crippen LogP contribution < -0.4 is 0 Å². The first-order valence-corrected chi connectivity index (χ1v) is 6.81. The first-order chi connectivity index (χ1) is 9.71. The van der Waals surface area contributed by atoms with Crippen LogP contribution in [0.1, 0.15) is 43.0 Å². The summed E-state index contributed by atoms with van der Waals surface area (Å²) in [4.78, 5) is 15.0. The SMILES string of the molecule is O=C(O)CCc1nc(C2(c3ccccc3)CCC2)no1. The quantitative estimate of drug-likeness (QED) is 0.905. The van der Waals surface area contributed by atoms with Crippen molar-refractivity contribution in [1.82, 2.24) is 10.1 Å². The Labute approximate surface area is 116 Å². The number of rotatable bonds is 5. The molecule has 1 heterocycles. The average molecular weight is 272 g/mol. The number of hydrogen-bond donors (Lipinski definition) is 1. The van der Waals surface area contributed by atoms with Crippen LogP contribution >= 0.6 is 0 Å². The Bertz CT molecular complexity index is 603. The number of carboxylic acid groups (broad SMARTS) is 1. The molecule has 1 N–H and O–H groups in total. The molecule has 1 fully saturated rings. The molecule has 104 valence electrons. The first kappa shape index (κ1) is 12.8. The van der Waals surface area contributed by atoms with Crippen LogP contribution in [-0.2, 0) is 16.6 Å². The summed E-state index contributed by atoms with van der Waals surface area (Å²) in [5.74, 6) is 0.242. The highest BCUT2D eigenvalue weighted by Crippen LogP contribution is 2.47. The largest absolute Gasteiger partial charge is 0.481 e. The number of benzene rings is 1. The van der Waals surface area contributed by atoms with Crippen molar-refractivity contribution in [2.24, 2.45) is 0 Å². The topological polar surface area (TPSA) is 76.2 Å². The number of nitrogens with zero attached hydrogens (tertiary/aromatic N) is 2. The Balaban J connectivity index is 1.85. The van der Waals surface area contributed by atoms with E-state index in [1.54, 1.807) is 0 Å². The lowest BCUT2D eigenvalue weighted by Crippen LogP contribution is -2.36. The lowest BCUT2D eigenvalue weighted by molar-refractivity contribution is -0.137. The van der Waals surface area contributed by atoms with Crippen LogP contribution in [0, 0.1) is 0 Å². The second-order valence-electron chi connectivity index (χ2n) is 5.21. The van der Waals surface area contributed by atoms with Crippen molar-refractivity contribution in [3.63, 3.8) is 0 Å². The zero-order chi connectivity index (χ0) is 14.0. The van der Waals surface area contributed by atoms with E-state index in [4.69, 9.17) is 9.63 Å². The second-order valence-corrected chi connectivity index (χ2v) is 5.21. The minimum Gasteiger partial charge on any atom is -0.481 e. The minimum atomic E-state index is -0.855. The van der Waals surface area contributed by atoms with Crippen LogP contribution in [0.15, 0.2) is 34.9 Å². The molecular formula is C15H16N2O3. The van der Waals surface area contributed by atoms with Gasteiger partial charge in [0, 0.05) is 6.42 Å². The van der Waals surface area contributed by atoms with Crippen molar-refractivity contribution in [3.05, 3.63) is 47.6 Å². The summed E-state index contributed by atoms with van der Waals surface area (Å²) in [7, 11) is 0. The van der Waals surface area contributed by atoms with Gasteiger partial charge < -0.3 is 9.63 Å². The lowest BCUT2D eigenvalue weighted by atomic mass is 9.64. The molecular weight excluding hydrogens is 256 g/mol. The van der Waals surface area contributed by atoms with E-state index in [1.807, 2.05) is 18.2 Å². The summed E-state index contributed by atoms with van der Waals surface area (Å²) in [6, 6.07) is 10.2. The summed E-state index contributed by atoms with van der Waals surface area (Å²) in [5, 5.41) is 12.8. The van der Waals surface area contributed by atoms with E-state index in [2.05, 4.69) is 22.3 Å². The maximum atomic E-state index is 10.6. The van der Waals surface area contributed by atoms with Gasteiger partial charge in [-0.3, -0.25) is 4.79 Å². The molecule has 0 bridgehead atoms. The molecule has 3 rings (SSSR count). The van der Waals surface area contributed by atoms with Gasteiger partial charge in [0.2, 0.25) is 5.89 Å². The Morgan fingerprint density at radius 1 is 1.30 bits per heavy atom. The van der Waals surface area contributed by atoms with Crippen LogP contribution in [0.25, 0.3) is 0 Å². The van der Waals surface area contributed by atoms with Crippen LogP contribution in [0.5, 0.6) is 0 Å². The van der Waals surface area contributed by atoms with Crippen LogP contribution in [-0.4, -0.2) is 21.2 Å². The Kier molecular flexibility index (Phi) is 3.26. The third-order valence-electron chi connectivity index (χ3n) is 3.98. The number of hydrogen-bond acceptors (Lipinski definition) is 4. The summed E-state index contributed by atoms with van der Waals surface area (Å²) < 4.78 is 5.19. The summed E-state index contributed by atoms with van der Waals surface area (Å²) in [6.07, 6.45) is 3.46. The molecule has 5 nitrogen and oxygen atoms in total. The monoisotopic (exact) mass is 272 g/mol. The van der Waals surface area contributed by atoms with Gasteiger partial charge >= 0.3 is 5.97 Å². The van der Waals surface area contributed by atoms with Crippen LogP contribution in [0.4, 0.5) is 0 Å². The third kappa shape index (κ3) is 2.19. The molecule has 1 aromatic carbocycles. The van der Waals surface area contributed by atoms with Crippen molar-refractivity contribution in [2.75, 3.05) is 0 Å². The van der Waals surface area contributed by atoms with Gasteiger partial charge in [-0.25, -0.2) is 0 Å². The molecule has 20 heavy (non-hydrogen) atoms. The number of carboxylic acids is 1. The van der Waals surface area contributed by atoms with E-state index >= 15 is 0 Å². The Hall–Kier alpha value is -2.17. The van der Waals surface area contributed by atoms with Crippen LogP contribution in [0.3, 0.4) is 0 Å². The van der Waals surface area contributed by atoms with E-state index in [9.17, 15) is 4.79 Å². The van der Waals surface area contributed by atoms with Gasteiger partial charge in [0.1, 0.15) is 0 Å². The summed E-state index contributed by atoms with van der Waals surface area (Å²) in [5.41, 5.74) is 1.06. The summed E-state index contributed by atoms with van der Waals surface area (Å²) >= 11 is 0. The molecule has 0 atom stereocenters. The highest BCUT2D eigenvalue weighted by Gasteiger charge is 2.44. The molecule has 0 saturated heterocycles. The molecule has 1 aromatic heterocycles. The average Bonchev–Trinajstić information content (AvgIpc) is 2.85. The maximum absolute atomic E-state index is 10.6. The van der Waals surface area contributed by atoms with E-state index in [0.717, 1.165) is 19.3 Å². The number of aliphatic carboxylic acids is 1. The molecule has 1 aliphatic rings. The molecule has 0 radical (unpaired) electrons. The second kappa shape index (κ2) is 5.07. The number of carbonyl (C=O) groups is 1. The van der Waals surface area contributed by atoms with Crippen molar-refractivity contribution in [1.29, 1.82) is 0 Å². The van der Waals surface area contributed by atoms with Gasteiger partial charge in [0.05, 0.1) is 11.8 Å². The molecule has 0 spiro atoms. The maximum Gasteiger partial charge on any atom is 0.303 e. The van der Waals surface area contributed by atoms with Crippen molar-refractivity contribution in [3.8, 4) is 0 Å². The molecule has 1 saturated carbocycles. The van der Waals surface area contributed by atoms with E-state index in [1.165, 1.54) is 5.56 Å². The first-order valence-electron chi connectivity index (χ1n) is 6.81. The zero-order valence-electron chi connectivity index (χ0n) is 11.1. The highest BCUT2D eigenvalue weighted by atomic mass is 16.5. The Morgan fingerprint density at radius 2 is 2.05 bits per heavy atom. The fourth-order valence-corrected chi connectivity index (χ4v) is 2.69. The molecule has 0 unspecified atom stereocenters. The van der Waals surface area contributed by atoms with Gasteiger partial charge in [0.25, 0.3) is 0 Å². The molecule has 2 aromatic rings. The normalized spacial score (nSPS) is 16.6. The molecule has 1 aliphatic carbocycles. The van der Waals surface area contributed by atoms with Crippen LogP contribution in [0.2, 0.25) is 0 Å². The van der Waals surface area contributed by atoms with Gasteiger partial charge in [0.15, 0.2) is 5.82 Å². The number of aromatic nitrogens is 2. The lowest BCUT2D eigenvalue weighted by Gasteiger charge is -2.39. The van der Waals surface area contributed by atoms with E-state index < -0.39 is 5.97 Å². The van der Waals surface area contributed by atoms with E-state index in [0.29, 0.717) is 11.7 Å². The van der Waals surface area contributed by atoms with Crippen molar-refractivity contribution in [2.45, 2.75) is 37.5 Å².